The van der Waals surface area contributed by atoms with E-state index in [9.17, 15) is 22.8 Å². The molecule has 8 nitrogen and oxygen atoms in total. The van der Waals surface area contributed by atoms with Crippen LogP contribution in [0.2, 0.25) is 0 Å². The molecule has 0 N–H and O–H groups in total. The second-order valence-corrected chi connectivity index (χ2v) is 8.16. The minimum atomic E-state index is -4.87. The fourth-order valence-electron chi connectivity index (χ4n) is 4.01. The van der Waals surface area contributed by atoms with Gasteiger partial charge in [0.1, 0.15) is 11.5 Å². The highest BCUT2D eigenvalue weighted by Gasteiger charge is 2.31. The van der Waals surface area contributed by atoms with Crippen LogP contribution in [0.4, 0.5) is 13.2 Å². The van der Waals surface area contributed by atoms with Gasteiger partial charge in [0, 0.05) is 20.2 Å². The van der Waals surface area contributed by atoms with Crippen LogP contribution in [0.5, 0.6) is 17.5 Å². The Hall–Kier alpha value is -4.54. The maximum absolute atomic E-state index is 13.1. The molecular formula is C25H19F3N4O4. The Morgan fingerprint density at radius 1 is 0.861 bits per heavy atom. The summed E-state index contributed by atoms with van der Waals surface area (Å²) in [4.78, 5) is 29.9. The van der Waals surface area contributed by atoms with Crippen molar-refractivity contribution in [1.82, 2.24) is 18.7 Å². The number of ether oxygens (including phenoxy) is 2. The molecule has 3 aromatic carbocycles. The molecule has 2 aromatic heterocycles. The van der Waals surface area contributed by atoms with E-state index in [0.29, 0.717) is 0 Å². The zero-order valence-electron chi connectivity index (χ0n) is 19.1. The molecule has 0 aliphatic carbocycles. The topological polar surface area (TPSA) is 80.3 Å². The van der Waals surface area contributed by atoms with Crippen LogP contribution in [0, 0.1) is 0 Å². The first-order chi connectivity index (χ1) is 17.1. The third kappa shape index (κ3) is 4.30. The Bertz CT molecular complexity index is 1730. The molecule has 0 aliphatic rings. The largest absolute Gasteiger partial charge is 0.573 e. The summed E-state index contributed by atoms with van der Waals surface area (Å²) in [7, 11) is 2.83. The van der Waals surface area contributed by atoms with Gasteiger partial charge in [0.05, 0.1) is 6.54 Å². The van der Waals surface area contributed by atoms with Crippen LogP contribution < -0.4 is 20.7 Å². The second-order valence-electron chi connectivity index (χ2n) is 8.16. The summed E-state index contributed by atoms with van der Waals surface area (Å²) in [5.41, 5.74) is -0.129. The van der Waals surface area contributed by atoms with Crippen LogP contribution in [0.1, 0.15) is 5.56 Å². The van der Waals surface area contributed by atoms with Crippen LogP contribution in [-0.2, 0) is 20.6 Å². The molecule has 0 amide bonds. The van der Waals surface area contributed by atoms with Crippen molar-refractivity contribution in [2.24, 2.45) is 14.1 Å². The Balaban J connectivity index is 1.65. The van der Waals surface area contributed by atoms with Crippen LogP contribution in [0.3, 0.4) is 0 Å². The van der Waals surface area contributed by atoms with E-state index in [1.807, 2.05) is 42.5 Å². The van der Waals surface area contributed by atoms with Crippen molar-refractivity contribution in [3.63, 3.8) is 0 Å². The van der Waals surface area contributed by atoms with Crippen molar-refractivity contribution < 1.29 is 22.6 Å². The third-order valence-electron chi connectivity index (χ3n) is 5.72. The van der Waals surface area contributed by atoms with Gasteiger partial charge in [-0.2, -0.15) is 4.98 Å². The zero-order chi connectivity index (χ0) is 25.6. The Labute approximate surface area is 201 Å². The van der Waals surface area contributed by atoms with E-state index in [0.717, 1.165) is 33.0 Å². The maximum Gasteiger partial charge on any atom is 0.573 e. The van der Waals surface area contributed by atoms with Gasteiger partial charge in [-0.3, -0.25) is 18.5 Å². The first-order valence-corrected chi connectivity index (χ1v) is 10.8. The van der Waals surface area contributed by atoms with E-state index in [4.69, 9.17) is 4.74 Å². The lowest BCUT2D eigenvalue weighted by molar-refractivity contribution is -0.274. The number of hydrogen-bond acceptors (Lipinski definition) is 5. The lowest BCUT2D eigenvalue weighted by Gasteiger charge is -2.12. The van der Waals surface area contributed by atoms with E-state index in [2.05, 4.69) is 9.72 Å². The molecule has 0 saturated heterocycles. The fourth-order valence-corrected chi connectivity index (χ4v) is 4.01. The molecule has 5 aromatic rings. The highest BCUT2D eigenvalue weighted by molar-refractivity contribution is 5.83. The van der Waals surface area contributed by atoms with E-state index >= 15 is 0 Å². The molecule has 0 unspecified atom stereocenters. The summed E-state index contributed by atoms with van der Waals surface area (Å²) in [6.45, 7) is 0.156. The number of hydrogen-bond donors (Lipinski definition) is 0. The number of aromatic nitrogens is 4. The summed E-state index contributed by atoms with van der Waals surface area (Å²) in [6.07, 6.45) is -4.87. The quantitative estimate of drug-likeness (QED) is 0.362. The molecule has 0 aliphatic heterocycles. The van der Waals surface area contributed by atoms with Gasteiger partial charge in [-0.15, -0.1) is 13.2 Å². The van der Waals surface area contributed by atoms with Crippen LogP contribution in [-0.4, -0.2) is 25.0 Å². The van der Waals surface area contributed by atoms with E-state index in [-0.39, 0.29) is 29.5 Å². The van der Waals surface area contributed by atoms with Crippen molar-refractivity contribution in [2.45, 2.75) is 12.9 Å². The van der Waals surface area contributed by atoms with Gasteiger partial charge in [0.2, 0.25) is 0 Å². The summed E-state index contributed by atoms with van der Waals surface area (Å²) in [5, 5.41) is 2.02. The van der Waals surface area contributed by atoms with Crippen molar-refractivity contribution in [2.75, 3.05) is 0 Å². The minimum absolute atomic E-state index is 0.00800. The van der Waals surface area contributed by atoms with E-state index in [1.54, 1.807) is 0 Å². The summed E-state index contributed by atoms with van der Waals surface area (Å²) >= 11 is 0. The molecule has 11 heteroatoms. The normalized spacial score (nSPS) is 11.8. The highest BCUT2D eigenvalue weighted by atomic mass is 19.4. The van der Waals surface area contributed by atoms with Gasteiger partial charge in [-0.25, -0.2) is 4.79 Å². The van der Waals surface area contributed by atoms with Gasteiger partial charge < -0.3 is 9.47 Å². The molecule has 36 heavy (non-hydrogen) atoms. The van der Waals surface area contributed by atoms with E-state index in [1.165, 1.54) is 35.4 Å². The van der Waals surface area contributed by atoms with Crippen molar-refractivity contribution >= 4 is 21.9 Å². The molecule has 184 valence electrons. The number of imidazole rings is 1. The molecule has 0 saturated carbocycles. The van der Waals surface area contributed by atoms with Crippen LogP contribution in [0.15, 0.2) is 76.3 Å². The number of aryl methyl sites for hydroxylation is 1. The number of fused-ring (bicyclic) bond motifs is 2. The Kier molecular flexibility index (Phi) is 5.54. The molecule has 0 bridgehead atoms. The zero-order valence-corrected chi connectivity index (χ0v) is 19.1. The first kappa shape index (κ1) is 23.2. The van der Waals surface area contributed by atoms with Gasteiger partial charge in [0.15, 0.2) is 11.2 Å². The monoisotopic (exact) mass is 496 g/mol. The Morgan fingerprint density at radius 3 is 2.33 bits per heavy atom. The molecule has 5 rings (SSSR count). The SMILES string of the molecule is Cn1c(=O)c2c(nc(Oc3cccc(OC(F)(F)F)c3)n2Cc2ccc3ccccc3c2)n(C)c1=O. The predicted octanol–water partition coefficient (Wildman–Crippen LogP) is 4.33. The standard InChI is InChI=1S/C25H19F3N4O4/c1-30-21-20(22(33)31(2)24(30)34)32(14-15-10-11-16-6-3-4-7-17(16)12-15)23(29-21)35-18-8-5-9-19(13-18)36-25(26,27)28/h3-13H,14H2,1-2H3. The summed E-state index contributed by atoms with van der Waals surface area (Å²) < 4.78 is 51.5. The van der Waals surface area contributed by atoms with Crippen molar-refractivity contribution in [3.8, 4) is 17.5 Å². The van der Waals surface area contributed by atoms with Gasteiger partial charge in [-0.1, -0.05) is 42.5 Å². The fraction of sp³-hybridized carbons (Fsp3) is 0.160. The number of alkyl halides is 3. The molecular weight excluding hydrogens is 477 g/mol. The lowest BCUT2D eigenvalue weighted by atomic mass is 10.1. The molecule has 0 atom stereocenters. The summed E-state index contributed by atoms with van der Waals surface area (Å²) in [5.74, 6) is -0.464. The molecule has 2 heterocycles. The average Bonchev–Trinajstić information content (AvgIpc) is 3.18. The van der Waals surface area contributed by atoms with Gasteiger partial charge in [0.25, 0.3) is 5.56 Å². The number of rotatable bonds is 5. The maximum atomic E-state index is 13.1. The van der Waals surface area contributed by atoms with Crippen molar-refractivity contribution in [1.29, 1.82) is 0 Å². The van der Waals surface area contributed by atoms with Gasteiger partial charge >= 0.3 is 18.1 Å². The molecule has 0 radical (unpaired) electrons. The number of halogens is 3. The predicted molar refractivity (Wildman–Crippen MR) is 126 cm³/mol. The van der Waals surface area contributed by atoms with Crippen LogP contribution >= 0.6 is 0 Å². The number of benzene rings is 3. The van der Waals surface area contributed by atoms with Gasteiger partial charge in [-0.05, 0) is 34.5 Å². The van der Waals surface area contributed by atoms with Crippen molar-refractivity contribution in [3.05, 3.63) is 93.1 Å². The third-order valence-corrected chi connectivity index (χ3v) is 5.72. The van der Waals surface area contributed by atoms with Crippen LogP contribution in [0.25, 0.3) is 21.9 Å². The second kappa shape index (κ2) is 8.59. The first-order valence-electron chi connectivity index (χ1n) is 10.8. The minimum Gasteiger partial charge on any atom is -0.425 e. The average molecular weight is 496 g/mol. The number of nitrogens with zero attached hydrogens (tertiary/aromatic N) is 4. The van der Waals surface area contributed by atoms with E-state index < -0.39 is 23.4 Å². The lowest BCUT2D eigenvalue weighted by Crippen LogP contribution is -2.37. The smallest absolute Gasteiger partial charge is 0.425 e. The Morgan fingerprint density at radius 2 is 1.58 bits per heavy atom. The molecule has 0 spiro atoms. The summed E-state index contributed by atoms with van der Waals surface area (Å²) in [6, 6.07) is 18.4. The highest BCUT2D eigenvalue weighted by Crippen LogP contribution is 2.30. The molecule has 0 fully saturated rings.